The monoisotopic (exact) mass is 215 g/mol. The smallest absolute Gasteiger partial charge is 0.164 e. The number of halogens is 2. The van der Waals surface area contributed by atoms with Crippen LogP contribution in [-0.2, 0) is 5.67 Å². The van der Waals surface area contributed by atoms with Crippen LogP contribution in [0.5, 0.6) is 5.75 Å². The molecule has 0 amide bonds. The highest BCUT2D eigenvalue weighted by Crippen LogP contribution is 2.37. The molecule has 1 aromatic carbocycles. The maximum Gasteiger partial charge on any atom is 0.164 e. The zero-order valence-electron chi connectivity index (χ0n) is 7.81. The van der Waals surface area contributed by atoms with Gasteiger partial charge in [0.25, 0.3) is 0 Å². The summed E-state index contributed by atoms with van der Waals surface area (Å²) in [6.45, 7) is 0.646. The van der Waals surface area contributed by atoms with Crippen molar-refractivity contribution < 1.29 is 9.13 Å². The molecule has 2 nitrogen and oxygen atoms in total. The van der Waals surface area contributed by atoms with Crippen molar-refractivity contribution in [3.63, 3.8) is 0 Å². The van der Waals surface area contributed by atoms with Gasteiger partial charge in [-0.25, -0.2) is 4.39 Å². The van der Waals surface area contributed by atoms with Crippen molar-refractivity contribution in [2.75, 3.05) is 20.2 Å². The van der Waals surface area contributed by atoms with Gasteiger partial charge < -0.3 is 10.1 Å². The lowest BCUT2D eigenvalue weighted by molar-refractivity contribution is 0.0858. The number of rotatable bonds is 2. The molecule has 1 aliphatic heterocycles. The van der Waals surface area contributed by atoms with Crippen molar-refractivity contribution in [1.29, 1.82) is 0 Å². The molecule has 1 N–H and O–H groups in total. The molecule has 1 heterocycles. The van der Waals surface area contributed by atoms with Gasteiger partial charge in [-0.1, -0.05) is 11.6 Å². The van der Waals surface area contributed by atoms with Gasteiger partial charge in [0.05, 0.1) is 7.11 Å². The molecular weight excluding hydrogens is 205 g/mol. The average molecular weight is 216 g/mol. The van der Waals surface area contributed by atoms with Crippen LogP contribution in [0.2, 0.25) is 5.02 Å². The lowest BCUT2D eigenvalue weighted by Crippen LogP contribution is -2.53. The Morgan fingerprint density at radius 1 is 1.50 bits per heavy atom. The number of ether oxygens (including phenoxy) is 1. The Hall–Kier alpha value is -0.800. The van der Waals surface area contributed by atoms with E-state index in [-0.39, 0.29) is 0 Å². The zero-order chi connectivity index (χ0) is 10.2. The standard InChI is InChI=1S/C10H11ClFNO/c1-14-9-3-2-7(11)4-8(9)10(12)5-13-6-10/h2-4,13H,5-6H2,1H3. The van der Waals surface area contributed by atoms with E-state index in [9.17, 15) is 4.39 Å². The fourth-order valence-corrected chi connectivity index (χ4v) is 1.74. The van der Waals surface area contributed by atoms with E-state index in [1.54, 1.807) is 18.2 Å². The van der Waals surface area contributed by atoms with Crippen LogP contribution in [0, 0.1) is 0 Å². The second-order valence-corrected chi connectivity index (χ2v) is 3.85. The van der Waals surface area contributed by atoms with E-state index >= 15 is 0 Å². The fourth-order valence-electron chi connectivity index (χ4n) is 1.57. The third-order valence-corrected chi connectivity index (χ3v) is 2.69. The van der Waals surface area contributed by atoms with Gasteiger partial charge in [0, 0.05) is 23.7 Å². The van der Waals surface area contributed by atoms with Crippen LogP contribution >= 0.6 is 11.6 Å². The van der Waals surface area contributed by atoms with Gasteiger partial charge in [-0.3, -0.25) is 0 Å². The molecule has 0 aromatic heterocycles. The molecule has 0 unspecified atom stereocenters. The first-order valence-electron chi connectivity index (χ1n) is 4.39. The minimum atomic E-state index is -1.32. The summed E-state index contributed by atoms with van der Waals surface area (Å²) >= 11 is 5.82. The minimum absolute atomic E-state index is 0.323. The molecule has 1 aliphatic rings. The maximum absolute atomic E-state index is 14.1. The van der Waals surface area contributed by atoms with Crippen molar-refractivity contribution in [1.82, 2.24) is 5.32 Å². The lowest BCUT2D eigenvalue weighted by Gasteiger charge is -2.36. The number of nitrogens with one attached hydrogen (secondary N) is 1. The largest absolute Gasteiger partial charge is 0.496 e. The Kier molecular flexibility index (Phi) is 2.37. The van der Waals surface area contributed by atoms with Crippen LogP contribution < -0.4 is 10.1 Å². The first-order valence-corrected chi connectivity index (χ1v) is 4.77. The van der Waals surface area contributed by atoms with Crippen LogP contribution in [0.1, 0.15) is 5.56 Å². The van der Waals surface area contributed by atoms with Crippen LogP contribution in [0.25, 0.3) is 0 Å². The third kappa shape index (κ3) is 1.47. The van der Waals surface area contributed by atoms with E-state index in [2.05, 4.69) is 5.32 Å². The summed E-state index contributed by atoms with van der Waals surface area (Å²) in [6.07, 6.45) is 0. The van der Waals surface area contributed by atoms with Crippen molar-refractivity contribution in [2.24, 2.45) is 0 Å². The van der Waals surface area contributed by atoms with Crippen LogP contribution in [0.4, 0.5) is 4.39 Å². The van der Waals surface area contributed by atoms with Crippen molar-refractivity contribution >= 4 is 11.6 Å². The average Bonchev–Trinajstić information content (AvgIpc) is 2.14. The molecule has 0 spiro atoms. The summed E-state index contributed by atoms with van der Waals surface area (Å²) < 4.78 is 19.2. The molecule has 0 bridgehead atoms. The Morgan fingerprint density at radius 2 is 2.21 bits per heavy atom. The SMILES string of the molecule is COc1ccc(Cl)cc1C1(F)CNC1. The Morgan fingerprint density at radius 3 is 2.71 bits per heavy atom. The Balaban J connectivity index is 2.43. The number of benzene rings is 1. The molecule has 0 aliphatic carbocycles. The maximum atomic E-state index is 14.1. The molecule has 1 aromatic rings. The molecular formula is C10H11ClFNO. The molecule has 2 rings (SSSR count). The quantitative estimate of drug-likeness (QED) is 0.816. The second-order valence-electron chi connectivity index (χ2n) is 3.41. The van der Waals surface area contributed by atoms with E-state index in [1.165, 1.54) is 7.11 Å². The Labute approximate surface area is 87.0 Å². The normalized spacial score (nSPS) is 18.8. The summed E-state index contributed by atoms with van der Waals surface area (Å²) in [5.74, 6) is 0.554. The molecule has 1 saturated heterocycles. The highest BCUT2D eigenvalue weighted by molar-refractivity contribution is 6.30. The molecule has 14 heavy (non-hydrogen) atoms. The van der Waals surface area contributed by atoms with E-state index in [1.807, 2.05) is 0 Å². The molecule has 0 saturated carbocycles. The summed E-state index contributed by atoms with van der Waals surface area (Å²) in [5, 5.41) is 3.43. The predicted octanol–water partition coefficient (Wildman–Crippen LogP) is 2.12. The number of hydrogen-bond acceptors (Lipinski definition) is 2. The second kappa shape index (κ2) is 3.41. The van der Waals surface area contributed by atoms with E-state index in [0.717, 1.165) is 0 Å². The van der Waals surface area contributed by atoms with Crippen molar-refractivity contribution in [3.8, 4) is 5.75 Å². The van der Waals surface area contributed by atoms with E-state index in [0.29, 0.717) is 29.4 Å². The molecule has 0 radical (unpaired) electrons. The summed E-state index contributed by atoms with van der Waals surface area (Å²) in [5.41, 5.74) is -0.790. The minimum Gasteiger partial charge on any atom is -0.496 e. The molecule has 4 heteroatoms. The number of hydrogen-bond donors (Lipinski definition) is 1. The summed E-state index contributed by atoms with van der Waals surface area (Å²) in [7, 11) is 1.53. The zero-order valence-corrected chi connectivity index (χ0v) is 8.57. The van der Waals surface area contributed by atoms with Crippen LogP contribution in [-0.4, -0.2) is 20.2 Å². The first kappa shape index (κ1) is 9.74. The van der Waals surface area contributed by atoms with Gasteiger partial charge in [-0.05, 0) is 18.2 Å². The third-order valence-electron chi connectivity index (χ3n) is 2.45. The van der Waals surface area contributed by atoms with E-state index < -0.39 is 5.67 Å². The fraction of sp³-hybridized carbons (Fsp3) is 0.400. The van der Waals surface area contributed by atoms with Crippen molar-refractivity contribution in [2.45, 2.75) is 5.67 Å². The molecule has 1 fully saturated rings. The summed E-state index contributed by atoms with van der Waals surface area (Å²) in [4.78, 5) is 0. The van der Waals surface area contributed by atoms with Crippen molar-refractivity contribution in [3.05, 3.63) is 28.8 Å². The van der Waals surface area contributed by atoms with Crippen LogP contribution in [0.15, 0.2) is 18.2 Å². The number of alkyl halides is 1. The van der Waals surface area contributed by atoms with Crippen LogP contribution in [0.3, 0.4) is 0 Å². The van der Waals surface area contributed by atoms with Gasteiger partial charge in [0.1, 0.15) is 5.75 Å². The summed E-state index contributed by atoms with van der Waals surface area (Å²) in [6, 6.07) is 5.01. The van der Waals surface area contributed by atoms with E-state index in [4.69, 9.17) is 16.3 Å². The van der Waals surface area contributed by atoms with Gasteiger partial charge in [0.15, 0.2) is 5.67 Å². The topological polar surface area (TPSA) is 21.3 Å². The van der Waals surface area contributed by atoms with Gasteiger partial charge in [-0.2, -0.15) is 0 Å². The lowest BCUT2D eigenvalue weighted by atomic mass is 9.89. The predicted molar refractivity (Wildman–Crippen MR) is 53.7 cm³/mol. The molecule has 0 atom stereocenters. The van der Waals surface area contributed by atoms with Gasteiger partial charge in [-0.15, -0.1) is 0 Å². The number of methoxy groups -OCH3 is 1. The highest BCUT2D eigenvalue weighted by Gasteiger charge is 2.41. The molecule has 76 valence electrons. The first-order chi connectivity index (χ1) is 6.65. The Bertz CT molecular complexity index is 352. The van der Waals surface area contributed by atoms with Gasteiger partial charge in [0.2, 0.25) is 0 Å². The highest BCUT2D eigenvalue weighted by atomic mass is 35.5. The van der Waals surface area contributed by atoms with Gasteiger partial charge >= 0.3 is 0 Å².